The molecule has 1 heterocycles. The normalized spacial score (nSPS) is 15.7. The van der Waals surface area contributed by atoms with Gasteiger partial charge in [-0.1, -0.05) is 27.7 Å². The molecule has 104 valence electrons. The molecule has 18 heavy (non-hydrogen) atoms. The van der Waals surface area contributed by atoms with Crippen LogP contribution >= 0.6 is 0 Å². The van der Waals surface area contributed by atoms with Gasteiger partial charge >= 0.3 is 0 Å². The van der Waals surface area contributed by atoms with E-state index in [9.17, 15) is 0 Å². The van der Waals surface area contributed by atoms with Crippen LogP contribution in [0.4, 0.5) is 0 Å². The van der Waals surface area contributed by atoms with Crippen molar-refractivity contribution in [2.75, 3.05) is 13.2 Å². The second-order valence-corrected chi connectivity index (χ2v) is 5.52. The number of hydrogen-bond acceptors (Lipinski definition) is 4. The van der Waals surface area contributed by atoms with Gasteiger partial charge in [-0.25, -0.2) is 4.98 Å². The maximum atomic E-state index is 5.96. The van der Waals surface area contributed by atoms with Gasteiger partial charge in [-0.3, -0.25) is 4.68 Å². The fraction of sp³-hybridized carbons (Fsp3) is 0.846. The van der Waals surface area contributed by atoms with E-state index in [-0.39, 0.29) is 17.6 Å². The standard InChI is InChI=1S/C13H26N4O/c1-7-14-10(12-15-9-16-17(12)6)11(18-8-2)13(3,4)5/h9-11,14H,7-8H2,1-6H3. The van der Waals surface area contributed by atoms with Crippen LogP contribution in [0.5, 0.6) is 0 Å². The van der Waals surface area contributed by atoms with E-state index in [2.05, 4.69) is 43.1 Å². The first-order chi connectivity index (χ1) is 8.41. The Morgan fingerprint density at radius 2 is 2.06 bits per heavy atom. The van der Waals surface area contributed by atoms with Crippen molar-refractivity contribution in [2.24, 2.45) is 12.5 Å². The van der Waals surface area contributed by atoms with Gasteiger partial charge in [0.25, 0.3) is 0 Å². The number of nitrogens with one attached hydrogen (secondary N) is 1. The van der Waals surface area contributed by atoms with E-state index >= 15 is 0 Å². The minimum absolute atomic E-state index is 0.0365. The van der Waals surface area contributed by atoms with Gasteiger partial charge < -0.3 is 10.1 Å². The van der Waals surface area contributed by atoms with Crippen molar-refractivity contribution in [3.05, 3.63) is 12.2 Å². The van der Waals surface area contributed by atoms with Crippen molar-refractivity contribution < 1.29 is 4.74 Å². The first-order valence-electron chi connectivity index (χ1n) is 6.60. The number of nitrogens with zero attached hydrogens (tertiary/aromatic N) is 3. The number of aromatic nitrogens is 3. The van der Waals surface area contributed by atoms with Crippen molar-refractivity contribution in [1.82, 2.24) is 20.1 Å². The number of rotatable bonds is 6. The van der Waals surface area contributed by atoms with Crippen LogP contribution in [0.15, 0.2) is 6.33 Å². The molecule has 2 atom stereocenters. The third-order valence-electron chi connectivity index (χ3n) is 2.95. The van der Waals surface area contributed by atoms with Crippen molar-refractivity contribution in [3.63, 3.8) is 0 Å². The third-order valence-corrected chi connectivity index (χ3v) is 2.95. The van der Waals surface area contributed by atoms with Gasteiger partial charge in [0.1, 0.15) is 12.2 Å². The van der Waals surface area contributed by atoms with E-state index in [1.54, 1.807) is 6.33 Å². The Labute approximate surface area is 110 Å². The zero-order chi connectivity index (χ0) is 13.8. The monoisotopic (exact) mass is 254 g/mol. The van der Waals surface area contributed by atoms with E-state index in [1.165, 1.54) is 0 Å². The average Bonchev–Trinajstić information content (AvgIpc) is 2.68. The summed E-state index contributed by atoms with van der Waals surface area (Å²) in [6.45, 7) is 12.3. The van der Waals surface area contributed by atoms with Crippen molar-refractivity contribution in [1.29, 1.82) is 0 Å². The molecule has 0 saturated heterocycles. The molecule has 0 radical (unpaired) electrons. The highest BCUT2D eigenvalue weighted by atomic mass is 16.5. The summed E-state index contributed by atoms with van der Waals surface area (Å²) in [6, 6.07) is 0.0578. The molecule has 0 aliphatic heterocycles. The Morgan fingerprint density at radius 3 is 2.44 bits per heavy atom. The molecule has 1 N–H and O–H groups in total. The predicted molar refractivity (Wildman–Crippen MR) is 72.3 cm³/mol. The van der Waals surface area contributed by atoms with Crippen LogP contribution in [0.3, 0.4) is 0 Å². The SMILES string of the molecule is CCNC(c1ncnn1C)C(OCC)C(C)(C)C. The smallest absolute Gasteiger partial charge is 0.146 e. The van der Waals surface area contributed by atoms with Crippen molar-refractivity contribution in [3.8, 4) is 0 Å². The minimum Gasteiger partial charge on any atom is -0.376 e. The lowest BCUT2D eigenvalue weighted by Gasteiger charge is -2.36. The summed E-state index contributed by atoms with van der Waals surface area (Å²) in [5.41, 5.74) is 0.0365. The summed E-state index contributed by atoms with van der Waals surface area (Å²) in [5.74, 6) is 0.922. The molecule has 2 unspecified atom stereocenters. The molecule has 1 aromatic heterocycles. The maximum Gasteiger partial charge on any atom is 0.146 e. The Bertz CT molecular complexity index is 356. The highest BCUT2D eigenvalue weighted by molar-refractivity contribution is 5.01. The van der Waals surface area contributed by atoms with Gasteiger partial charge in [-0.15, -0.1) is 0 Å². The van der Waals surface area contributed by atoms with Crippen LogP contribution in [0, 0.1) is 5.41 Å². The molecule has 0 aromatic carbocycles. The Morgan fingerprint density at radius 1 is 1.39 bits per heavy atom. The van der Waals surface area contributed by atoms with Crippen LogP contribution in [0.25, 0.3) is 0 Å². The first-order valence-corrected chi connectivity index (χ1v) is 6.60. The molecule has 0 spiro atoms. The van der Waals surface area contributed by atoms with Crippen LogP contribution in [-0.4, -0.2) is 34.0 Å². The van der Waals surface area contributed by atoms with Crippen LogP contribution < -0.4 is 5.32 Å². The number of hydrogen-bond donors (Lipinski definition) is 1. The van der Waals surface area contributed by atoms with Crippen molar-refractivity contribution in [2.45, 2.75) is 46.8 Å². The second kappa shape index (κ2) is 6.29. The summed E-state index contributed by atoms with van der Waals surface area (Å²) >= 11 is 0. The topological polar surface area (TPSA) is 52.0 Å². The first kappa shape index (κ1) is 15.1. The Hall–Kier alpha value is -0.940. The molecule has 0 bridgehead atoms. The minimum atomic E-state index is 0.0365. The number of likely N-dealkylation sites (N-methyl/N-ethyl adjacent to an activating group) is 1. The van der Waals surface area contributed by atoms with Crippen LogP contribution in [0.1, 0.15) is 46.5 Å². The van der Waals surface area contributed by atoms with Gasteiger partial charge in [-0.2, -0.15) is 5.10 Å². The Balaban J connectivity index is 3.05. The lowest BCUT2D eigenvalue weighted by atomic mass is 9.84. The second-order valence-electron chi connectivity index (χ2n) is 5.52. The zero-order valence-corrected chi connectivity index (χ0v) is 12.4. The third kappa shape index (κ3) is 3.53. The highest BCUT2D eigenvalue weighted by Gasteiger charge is 2.35. The molecule has 5 heteroatoms. The summed E-state index contributed by atoms with van der Waals surface area (Å²) < 4.78 is 7.77. The molecular formula is C13H26N4O. The van der Waals surface area contributed by atoms with Gasteiger partial charge in [0, 0.05) is 13.7 Å². The molecule has 0 amide bonds. The van der Waals surface area contributed by atoms with E-state index in [0.29, 0.717) is 6.61 Å². The molecule has 5 nitrogen and oxygen atoms in total. The molecule has 0 fully saturated rings. The molecule has 0 saturated carbocycles. The van der Waals surface area contributed by atoms with Gasteiger partial charge in [0.05, 0.1) is 12.1 Å². The summed E-state index contributed by atoms with van der Waals surface area (Å²) in [7, 11) is 1.92. The maximum absolute atomic E-state index is 5.96. The fourth-order valence-corrected chi connectivity index (χ4v) is 2.17. The highest BCUT2D eigenvalue weighted by Crippen LogP contribution is 2.31. The van der Waals surface area contributed by atoms with E-state index < -0.39 is 0 Å². The quantitative estimate of drug-likeness (QED) is 0.842. The Kier molecular flexibility index (Phi) is 5.28. The fourth-order valence-electron chi connectivity index (χ4n) is 2.17. The molecule has 1 rings (SSSR count). The molecule has 0 aliphatic carbocycles. The van der Waals surface area contributed by atoms with Crippen molar-refractivity contribution >= 4 is 0 Å². The predicted octanol–water partition coefficient (Wildman–Crippen LogP) is 1.92. The zero-order valence-electron chi connectivity index (χ0n) is 12.4. The van der Waals surface area contributed by atoms with E-state index in [0.717, 1.165) is 12.4 Å². The molecule has 0 aliphatic rings. The number of ether oxygens (including phenoxy) is 1. The van der Waals surface area contributed by atoms with E-state index in [1.807, 2.05) is 18.7 Å². The van der Waals surface area contributed by atoms with Gasteiger partial charge in [0.2, 0.25) is 0 Å². The molecular weight excluding hydrogens is 228 g/mol. The lowest BCUT2D eigenvalue weighted by molar-refractivity contribution is -0.0388. The van der Waals surface area contributed by atoms with E-state index in [4.69, 9.17) is 4.74 Å². The summed E-state index contributed by atoms with van der Waals surface area (Å²) in [4.78, 5) is 4.36. The van der Waals surface area contributed by atoms with Gasteiger partial charge in [0.15, 0.2) is 0 Å². The summed E-state index contributed by atoms with van der Waals surface area (Å²) in [6.07, 6.45) is 1.65. The lowest BCUT2D eigenvalue weighted by Crippen LogP contribution is -2.43. The average molecular weight is 254 g/mol. The molecule has 1 aromatic rings. The summed E-state index contributed by atoms with van der Waals surface area (Å²) in [5, 5.41) is 7.62. The van der Waals surface area contributed by atoms with Crippen LogP contribution in [-0.2, 0) is 11.8 Å². The number of aryl methyl sites for hydroxylation is 1. The van der Waals surface area contributed by atoms with Crippen LogP contribution in [0.2, 0.25) is 0 Å². The largest absolute Gasteiger partial charge is 0.376 e. The van der Waals surface area contributed by atoms with Gasteiger partial charge in [-0.05, 0) is 18.9 Å².